The third-order valence-corrected chi connectivity index (χ3v) is 3.69. The van der Waals surface area contributed by atoms with Crippen molar-refractivity contribution >= 4 is 17.5 Å². The number of para-hydroxylation sites is 1. The molecule has 0 aliphatic heterocycles. The molecule has 6 nitrogen and oxygen atoms in total. The lowest BCUT2D eigenvalue weighted by atomic mass is 10.1. The van der Waals surface area contributed by atoms with Gasteiger partial charge in [0, 0.05) is 5.56 Å². The predicted molar refractivity (Wildman–Crippen MR) is 93.3 cm³/mol. The zero-order chi connectivity index (χ0) is 17.6. The smallest absolute Gasteiger partial charge is 0.258 e. The average molecular weight is 358 g/mol. The Morgan fingerprint density at radius 2 is 2.08 bits per heavy atom. The van der Waals surface area contributed by atoms with E-state index in [-0.39, 0.29) is 19.1 Å². The summed E-state index contributed by atoms with van der Waals surface area (Å²) in [5, 5.41) is 7.04. The van der Waals surface area contributed by atoms with E-state index in [9.17, 15) is 4.79 Å². The first-order valence-electron chi connectivity index (χ1n) is 7.65. The Morgan fingerprint density at radius 1 is 1.24 bits per heavy atom. The lowest BCUT2D eigenvalue weighted by molar-refractivity contribution is -0.123. The highest BCUT2D eigenvalue weighted by atomic mass is 35.5. The minimum Gasteiger partial charge on any atom is -0.482 e. The average Bonchev–Trinajstić information content (AvgIpc) is 3.08. The van der Waals surface area contributed by atoms with Crippen molar-refractivity contribution in [1.82, 2.24) is 15.5 Å². The van der Waals surface area contributed by atoms with Crippen molar-refractivity contribution in [3.63, 3.8) is 0 Å². The van der Waals surface area contributed by atoms with Crippen LogP contribution < -0.4 is 10.1 Å². The molecule has 3 aromatic rings. The molecule has 0 bridgehead atoms. The summed E-state index contributed by atoms with van der Waals surface area (Å²) in [6, 6.07) is 14.7. The van der Waals surface area contributed by atoms with Gasteiger partial charge >= 0.3 is 0 Å². The zero-order valence-corrected chi connectivity index (χ0v) is 14.3. The van der Waals surface area contributed by atoms with Crippen LogP contribution in [0.25, 0.3) is 11.4 Å². The van der Waals surface area contributed by atoms with E-state index in [1.807, 2.05) is 31.2 Å². The molecular formula is C18H16ClN3O3. The van der Waals surface area contributed by atoms with Crippen molar-refractivity contribution in [3.05, 3.63) is 65.0 Å². The fourth-order valence-electron chi connectivity index (χ4n) is 2.16. The second-order valence-corrected chi connectivity index (χ2v) is 5.78. The molecule has 1 N–H and O–H groups in total. The van der Waals surface area contributed by atoms with E-state index in [1.165, 1.54) is 0 Å². The van der Waals surface area contributed by atoms with Gasteiger partial charge in [-0.1, -0.05) is 52.7 Å². The maximum atomic E-state index is 11.9. The summed E-state index contributed by atoms with van der Waals surface area (Å²) in [6.07, 6.45) is 0. The lowest BCUT2D eigenvalue weighted by Crippen LogP contribution is -2.28. The molecule has 0 aliphatic rings. The molecule has 128 valence electrons. The first-order chi connectivity index (χ1) is 12.1. The lowest BCUT2D eigenvalue weighted by Gasteiger charge is -2.07. The number of ether oxygens (including phenoxy) is 1. The Hall–Kier alpha value is -2.86. The monoisotopic (exact) mass is 357 g/mol. The van der Waals surface area contributed by atoms with Crippen LogP contribution in [-0.2, 0) is 11.3 Å². The van der Waals surface area contributed by atoms with E-state index >= 15 is 0 Å². The second-order valence-electron chi connectivity index (χ2n) is 5.38. The maximum absolute atomic E-state index is 11.9. The van der Waals surface area contributed by atoms with Crippen LogP contribution in [0.2, 0.25) is 5.02 Å². The fourth-order valence-corrected chi connectivity index (χ4v) is 2.35. The first-order valence-corrected chi connectivity index (χ1v) is 8.03. The highest BCUT2D eigenvalue weighted by molar-refractivity contribution is 6.32. The highest BCUT2D eigenvalue weighted by Crippen LogP contribution is 2.22. The van der Waals surface area contributed by atoms with Crippen LogP contribution in [0, 0.1) is 6.92 Å². The molecule has 7 heteroatoms. The number of carbonyl (C=O) groups excluding carboxylic acids is 1. The number of halogens is 1. The maximum Gasteiger partial charge on any atom is 0.258 e. The molecule has 3 rings (SSSR count). The van der Waals surface area contributed by atoms with Crippen molar-refractivity contribution in [2.75, 3.05) is 6.61 Å². The molecule has 0 spiro atoms. The highest BCUT2D eigenvalue weighted by Gasteiger charge is 2.11. The number of carbonyl (C=O) groups is 1. The molecule has 0 unspecified atom stereocenters. The zero-order valence-electron chi connectivity index (χ0n) is 13.5. The van der Waals surface area contributed by atoms with Gasteiger partial charge in [0.25, 0.3) is 5.91 Å². The van der Waals surface area contributed by atoms with Gasteiger partial charge in [0.05, 0.1) is 11.6 Å². The van der Waals surface area contributed by atoms with Crippen molar-refractivity contribution in [1.29, 1.82) is 0 Å². The summed E-state index contributed by atoms with van der Waals surface area (Å²) in [6.45, 7) is 1.97. The number of aryl methyl sites for hydroxylation is 1. The Balaban J connectivity index is 1.52. The first kappa shape index (κ1) is 17.0. The quantitative estimate of drug-likeness (QED) is 0.731. The molecule has 1 amide bonds. The van der Waals surface area contributed by atoms with Gasteiger partial charge in [0.15, 0.2) is 6.61 Å². The summed E-state index contributed by atoms with van der Waals surface area (Å²) in [7, 11) is 0. The fraction of sp³-hybridized carbons (Fsp3) is 0.167. The minimum atomic E-state index is -0.310. The molecule has 1 aromatic heterocycles. The molecule has 2 aromatic carbocycles. The molecular weight excluding hydrogens is 342 g/mol. The van der Waals surface area contributed by atoms with Gasteiger partial charge in [0.2, 0.25) is 11.7 Å². The van der Waals surface area contributed by atoms with Crippen LogP contribution in [0.4, 0.5) is 0 Å². The second kappa shape index (κ2) is 7.81. The summed E-state index contributed by atoms with van der Waals surface area (Å²) < 4.78 is 10.5. The van der Waals surface area contributed by atoms with E-state index in [0.717, 1.165) is 11.1 Å². The largest absolute Gasteiger partial charge is 0.482 e. The third-order valence-electron chi connectivity index (χ3n) is 3.38. The van der Waals surface area contributed by atoms with Crippen molar-refractivity contribution in [2.45, 2.75) is 13.5 Å². The molecule has 0 fully saturated rings. The minimum absolute atomic E-state index is 0.129. The standard InChI is InChI=1S/C18H16ClN3O3/c1-12-5-4-6-13(9-12)18-21-17(25-22-18)10-20-16(23)11-24-15-8-3-2-7-14(15)19/h2-9H,10-11H2,1H3,(H,20,23). The number of amides is 1. The van der Waals surface area contributed by atoms with Crippen LogP contribution in [0.1, 0.15) is 11.5 Å². The summed E-state index contributed by atoms with van der Waals surface area (Å²) in [5.41, 5.74) is 1.97. The van der Waals surface area contributed by atoms with E-state index < -0.39 is 0 Å². The molecule has 0 aliphatic carbocycles. The Labute approximate surface area is 149 Å². The van der Waals surface area contributed by atoms with E-state index in [2.05, 4.69) is 15.5 Å². The van der Waals surface area contributed by atoms with Gasteiger partial charge in [0.1, 0.15) is 5.75 Å². The SMILES string of the molecule is Cc1cccc(-c2noc(CNC(=O)COc3ccccc3Cl)n2)c1. The van der Waals surface area contributed by atoms with E-state index in [0.29, 0.717) is 22.5 Å². The van der Waals surface area contributed by atoms with Gasteiger partial charge in [-0.05, 0) is 25.1 Å². The molecule has 0 saturated carbocycles. The normalized spacial score (nSPS) is 10.5. The number of benzene rings is 2. The van der Waals surface area contributed by atoms with Crippen LogP contribution in [0.5, 0.6) is 5.75 Å². The van der Waals surface area contributed by atoms with Crippen molar-refractivity contribution in [2.24, 2.45) is 0 Å². The van der Waals surface area contributed by atoms with Gasteiger partial charge in [-0.25, -0.2) is 0 Å². The van der Waals surface area contributed by atoms with Gasteiger partial charge in [-0.2, -0.15) is 4.98 Å². The van der Waals surface area contributed by atoms with Crippen LogP contribution in [-0.4, -0.2) is 22.7 Å². The molecule has 0 saturated heterocycles. The molecule has 25 heavy (non-hydrogen) atoms. The van der Waals surface area contributed by atoms with Crippen molar-refractivity contribution < 1.29 is 14.1 Å². The number of hydrogen-bond donors (Lipinski definition) is 1. The van der Waals surface area contributed by atoms with E-state index in [4.69, 9.17) is 20.9 Å². The van der Waals surface area contributed by atoms with Crippen LogP contribution in [0.15, 0.2) is 53.1 Å². The van der Waals surface area contributed by atoms with Gasteiger partial charge in [-0.3, -0.25) is 4.79 Å². The summed E-state index contributed by atoms with van der Waals surface area (Å²) >= 11 is 5.96. The number of aromatic nitrogens is 2. The predicted octanol–water partition coefficient (Wildman–Crippen LogP) is 3.39. The Morgan fingerprint density at radius 3 is 2.88 bits per heavy atom. The van der Waals surface area contributed by atoms with Crippen molar-refractivity contribution in [3.8, 4) is 17.1 Å². The van der Waals surface area contributed by atoms with Gasteiger partial charge in [-0.15, -0.1) is 0 Å². The summed E-state index contributed by atoms with van der Waals surface area (Å²) in [5.74, 6) is 0.955. The summed E-state index contributed by atoms with van der Waals surface area (Å²) in [4.78, 5) is 16.1. The number of rotatable bonds is 6. The van der Waals surface area contributed by atoms with E-state index in [1.54, 1.807) is 24.3 Å². The number of hydrogen-bond acceptors (Lipinski definition) is 5. The Kier molecular flexibility index (Phi) is 5.30. The van der Waals surface area contributed by atoms with Crippen LogP contribution in [0.3, 0.4) is 0 Å². The molecule has 1 heterocycles. The molecule has 0 atom stereocenters. The van der Waals surface area contributed by atoms with Crippen LogP contribution >= 0.6 is 11.6 Å². The Bertz CT molecular complexity index is 879. The van der Waals surface area contributed by atoms with Gasteiger partial charge < -0.3 is 14.6 Å². The third kappa shape index (κ3) is 4.58. The topological polar surface area (TPSA) is 77.2 Å². The molecule has 0 radical (unpaired) electrons. The number of nitrogens with one attached hydrogen (secondary N) is 1. The number of nitrogens with zero attached hydrogens (tertiary/aromatic N) is 2.